The van der Waals surface area contributed by atoms with Gasteiger partial charge in [-0.15, -0.1) is 0 Å². The fraction of sp³-hybridized carbons (Fsp3) is 0.474. The first-order chi connectivity index (χ1) is 12.2. The van der Waals surface area contributed by atoms with Crippen molar-refractivity contribution < 1.29 is 13.7 Å². The summed E-state index contributed by atoms with van der Waals surface area (Å²) in [4.78, 5) is 14.3. The van der Waals surface area contributed by atoms with Gasteiger partial charge in [-0.25, -0.2) is 4.39 Å². The second-order valence-corrected chi connectivity index (χ2v) is 6.57. The monoisotopic (exact) mass is 345 g/mol. The highest BCUT2D eigenvalue weighted by Gasteiger charge is 2.25. The Morgan fingerprint density at radius 2 is 2.20 bits per heavy atom. The van der Waals surface area contributed by atoms with Crippen LogP contribution in [0.25, 0.3) is 0 Å². The van der Waals surface area contributed by atoms with Crippen LogP contribution < -0.4 is 5.32 Å². The van der Waals surface area contributed by atoms with Crippen molar-refractivity contribution in [1.82, 2.24) is 15.4 Å². The zero-order valence-corrected chi connectivity index (χ0v) is 14.5. The summed E-state index contributed by atoms with van der Waals surface area (Å²) < 4.78 is 18.3. The van der Waals surface area contributed by atoms with Crippen molar-refractivity contribution in [1.29, 1.82) is 0 Å². The SMILES string of the molecule is CCCNC(=O)c1cc(C2CCCN(Cc3ccc(F)cc3)C2)no1. The standard InChI is InChI=1S/C19H24FN3O2/c1-2-9-21-19(24)18-11-17(22-25-18)15-4-3-10-23(13-15)12-14-5-7-16(20)8-6-14/h5-8,11,15H,2-4,9-10,12-13H2,1H3,(H,21,24). The number of benzene rings is 1. The molecule has 1 unspecified atom stereocenters. The number of halogens is 1. The molecular weight excluding hydrogens is 321 g/mol. The third kappa shape index (κ3) is 4.66. The van der Waals surface area contributed by atoms with E-state index in [0.717, 1.165) is 50.2 Å². The van der Waals surface area contributed by atoms with Crippen molar-refractivity contribution in [2.75, 3.05) is 19.6 Å². The molecular formula is C19H24FN3O2. The topological polar surface area (TPSA) is 58.4 Å². The molecule has 0 saturated carbocycles. The van der Waals surface area contributed by atoms with Gasteiger partial charge in [0.2, 0.25) is 5.76 Å². The first-order valence-corrected chi connectivity index (χ1v) is 8.87. The van der Waals surface area contributed by atoms with Gasteiger partial charge < -0.3 is 9.84 Å². The van der Waals surface area contributed by atoms with E-state index < -0.39 is 0 Å². The number of likely N-dealkylation sites (tertiary alicyclic amines) is 1. The summed E-state index contributed by atoms with van der Waals surface area (Å²) in [7, 11) is 0. The van der Waals surface area contributed by atoms with E-state index in [9.17, 15) is 9.18 Å². The van der Waals surface area contributed by atoms with Crippen LogP contribution in [-0.4, -0.2) is 35.6 Å². The molecule has 5 nitrogen and oxygen atoms in total. The highest BCUT2D eigenvalue weighted by atomic mass is 19.1. The summed E-state index contributed by atoms with van der Waals surface area (Å²) in [5.41, 5.74) is 1.94. The molecule has 1 amide bonds. The Hall–Kier alpha value is -2.21. The smallest absolute Gasteiger partial charge is 0.289 e. The largest absolute Gasteiger partial charge is 0.351 e. The summed E-state index contributed by atoms with van der Waals surface area (Å²) in [6.07, 6.45) is 2.98. The predicted molar refractivity (Wildman–Crippen MR) is 92.8 cm³/mol. The number of aromatic nitrogens is 1. The van der Waals surface area contributed by atoms with Gasteiger partial charge in [0.1, 0.15) is 5.82 Å². The van der Waals surface area contributed by atoms with E-state index in [4.69, 9.17) is 4.52 Å². The van der Waals surface area contributed by atoms with Crippen LogP contribution in [0, 0.1) is 5.82 Å². The van der Waals surface area contributed by atoms with Gasteiger partial charge in [-0.1, -0.05) is 24.2 Å². The van der Waals surface area contributed by atoms with E-state index in [1.807, 2.05) is 19.1 Å². The normalized spacial score (nSPS) is 18.2. The zero-order chi connectivity index (χ0) is 17.6. The van der Waals surface area contributed by atoms with E-state index in [2.05, 4.69) is 15.4 Å². The van der Waals surface area contributed by atoms with Crippen LogP contribution in [0.5, 0.6) is 0 Å². The van der Waals surface area contributed by atoms with Crippen LogP contribution in [0.15, 0.2) is 34.9 Å². The Kier molecular flexibility index (Phi) is 5.81. The number of carbonyl (C=O) groups excluding carboxylic acids is 1. The summed E-state index contributed by atoms with van der Waals surface area (Å²) in [5.74, 6) is 0.112. The highest BCUT2D eigenvalue weighted by molar-refractivity contribution is 5.91. The lowest BCUT2D eigenvalue weighted by Crippen LogP contribution is -2.34. The molecule has 1 aromatic carbocycles. The molecule has 2 aromatic rings. The quantitative estimate of drug-likeness (QED) is 0.872. The Morgan fingerprint density at radius 1 is 1.40 bits per heavy atom. The number of piperidine rings is 1. The van der Waals surface area contributed by atoms with Gasteiger partial charge in [-0.2, -0.15) is 0 Å². The van der Waals surface area contributed by atoms with Crippen LogP contribution in [0.1, 0.15) is 53.9 Å². The first kappa shape index (κ1) is 17.6. The molecule has 1 aliphatic rings. The minimum absolute atomic E-state index is 0.209. The van der Waals surface area contributed by atoms with E-state index in [1.165, 1.54) is 12.1 Å². The molecule has 3 rings (SSSR count). The maximum absolute atomic E-state index is 13.0. The summed E-state index contributed by atoms with van der Waals surface area (Å²) in [5, 5.41) is 6.91. The fourth-order valence-corrected chi connectivity index (χ4v) is 3.20. The van der Waals surface area contributed by atoms with Crippen LogP contribution in [0.4, 0.5) is 4.39 Å². The Labute approximate surface area is 147 Å². The first-order valence-electron chi connectivity index (χ1n) is 8.87. The third-order valence-electron chi connectivity index (χ3n) is 4.53. The van der Waals surface area contributed by atoms with E-state index in [1.54, 1.807) is 6.07 Å². The van der Waals surface area contributed by atoms with Gasteiger partial charge in [-0.3, -0.25) is 9.69 Å². The van der Waals surface area contributed by atoms with Crippen molar-refractivity contribution in [2.45, 2.75) is 38.6 Å². The minimum atomic E-state index is -0.211. The molecule has 0 bridgehead atoms. The second-order valence-electron chi connectivity index (χ2n) is 6.57. The molecule has 1 fully saturated rings. The van der Waals surface area contributed by atoms with Crippen LogP contribution >= 0.6 is 0 Å². The van der Waals surface area contributed by atoms with Gasteiger partial charge in [0.25, 0.3) is 5.91 Å². The Morgan fingerprint density at radius 3 is 2.96 bits per heavy atom. The summed E-state index contributed by atoms with van der Waals surface area (Å²) >= 11 is 0. The van der Waals surface area contributed by atoms with Crippen molar-refractivity contribution >= 4 is 5.91 Å². The van der Waals surface area contributed by atoms with Crippen molar-refractivity contribution in [3.8, 4) is 0 Å². The molecule has 0 spiro atoms. The molecule has 0 radical (unpaired) electrons. The van der Waals surface area contributed by atoms with Gasteiger partial charge in [0.05, 0.1) is 5.69 Å². The minimum Gasteiger partial charge on any atom is -0.351 e. The number of nitrogens with zero attached hydrogens (tertiary/aromatic N) is 2. The predicted octanol–water partition coefficient (Wildman–Crippen LogP) is 3.33. The number of hydrogen-bond donors (Lipinski definition) is 1. The van der Waals surface area contributed by atoms with E-state index in [0.29, 0.717) is 6.54 Å². The fourth-order valence-electron chi connectivity index (χ4n) is 3.20. The van der Waals surface area contributed by atoms with Gasteiger partial charge in [0, 0.05) is 31.6 Å². The number of nitrogens with one attached hydrogen (secondary N) is 1. The lowest BCUT2D eigenvalue weighted by Gasteiger charge is -2.31. The summed E-state index contributed by atoms with van der Waals surface area (Å²) in [6.45, 7) is 5.29. The van der Waals surface area contributed by atoms with Crippen molar-refractivity contribution in [3.05, 3.63) is 53.2 Å². The molecule has 25 heavy (non-hydrogen) atoms. The van der Waals surface area contributed by atoms with E-state index >= 15 is 0 Å². The number of carbonyl (C=O) groups is 1. The lowest BCUT2D eigenvalue weighted by molar-refractivity contribution is 0.0916. The maximum Gasteiger partial charge on any atom is 0.289 e. The summed E-state index contributed by atoms with van der Waals surface area (Å²) in [6, 6.07) is 8.40. The average molecular weight is 345 g/mol. The zero-order valence-electron chi connectivity index (χ0n) is 14.5. The molecule has 134 valence electrons. The average Bonchev–Trinajstić information content (AvgIpc) is 3.12. The molecule has 1 atom stereocenters. The van der Waals surface area contributed by atoms with Gasteiger partial charge in [0.15, 0.2) is 0 Å². The molecule has 1 saturated heterocycles. The number of amides is 1. The molecule has 1 aromatic heterocycles. The molecule has 6 heteroatoms. The molecule has 2 heterocycles. The molecule has 1 aliphatic heterocycles. The highest BCUT2D eigenvalue weighted by Crippen LogP contribution is 2.27. The number of rotatable bonds is 6. The lowest BCUT2D eigenvalue weighted by atomic mass is 9.94. The van der Waals surface area contributed by atoms with Gasteiger partial charge >= 0.3 is 0 Å². The number of hydrogen-bond acceptors (Lipinski definition) is 4. The van der Waals surface area contributed by atoms with Gasteiger partial charge in [-0.05, 0) is 43.5 Å². The second kappa shape index (κ2) is 8.25. The van der Waals surface area contributed by atoms with Crippen molar-refractivity contribution in [3.63, 3.8) is 0 Å². The Bertz CT molecular complexity index is 699. The van der Waals surface area contributed by atoms with Crippen molar-refractivity contribution in [2.24, 2.45) is 0 Å². The van der Waals surface area contributed by atoms with Crippen LogP contribution in [0.2, 0.25) is 0 Å². The maximum atomic E-state index is 13.0. The van der Waals surface area contributed by atoms with E-state index in [-0.39, 0.29) is 23.4 Å². The molecule has 1 N–H and O–H groups in total. The van der Waals surface area contributed by atoms with Crippen LogP contribution in [0.3, 0.4) is 0 Å². The molecule has 0 aliphatic carbocycles. The Balaban J connectivity index is 1.60. The third-order valence-corrected chi connectivity index (χ3v) is 4.53. The van der Waals surface area contributed by atoms with Crippen LogP contribution in [-0.2, 0) is 6.54 Å².